The first-order valence-electron chi connectivity index (χ1n) is 5.10. The molecule has 17 heavy (non-hydrogen) atoms. The molecule has 0 aliphatic heterocycles. The number of rotatable bonds is 4. The van der Waals surface area contributed by atoms with Crippen molar-refractivity contribution in [1.82, 2.24) is 15.8 Å². The molecule has 0 spiro atoms. The first-order valence-corrected chi connectivity index (χ1v) is 5.10. The third-order valence-corrected chi connectivity index (χ3v) is 2.32. The molecule has 1 aromatic rings. The Balaban J connectivity index is 2.46. The maximum atomic E-state index is 11.3. The summed E-state index contributed by atoms with van der Waals surface area (Å²) in [6.45, 7) is 5.15. The van der Waals surface area contributed by atoms with Gasteiger partial charge in [0.1, 0.15) is 11.8 Å². The molecule has 1 heterocycles. The van der Waals surface area contributed by atoms with Crippen molar-refractivity contribution < 1.29 is 19.2 Å². The summed E-state index contributed by atoms with van der Waals surface area (Å²) in [5.41, 5.74) is 1.50. The molecule has 1 rings (SSSR count). The van der Waals surface area contributed by atoms with Gasteiger partial charge in [-0.1, -0.05) is 5.16 Å². The van der Waals surface area contributed by atoms with Crippen molar-refractivity contribution in [3.8, 4) is 0 Å². The largest absolute Gasteiger partial charge is 0.480 e. The van der Waals surface area contributed by atoms with Gasteiger partial charge in [0.2, 0.25) is 0 Å². The van der Waals surface area contributed by atoms with E-state index in [2.05, 4.69) is 15.8 Å². The van der Waals surface area contributed by atoms with Crippen LogP contribution in [-0.2, 0) is 11.3 Å². The van der Waals surface area contributed by atoms with Crippen LogP contribution in [0.1, 0.15) is 23.9 Å². The van der Waals surface area contributed by atoms with Crippen LogP contribution in [-0.4, -0.2) is 28.3 Å². The van der Waals surface area contributed by atoms with Crippen LogP contribution in [0, 0.1) is 13.8 Å². The first-order chi connectivity index (χ1) is 7.91. The number of amides is 2. The zero-order chi connectivity index (χ0) is 13.0. The van der Waals surface area contributed by atoms with Gasteiger partial charge < -0.3 is 20.3 Å². The van der Waals surface area contributed by atoms with Gasteiger partial charge in [0.05, 0.1) is 5.69 Å². The number of aryl methyl sites for hydroxylation is 2. The average molecular weight is 241 g/mol. The van der Waals surface area contributed by atoms with E-state index in [0.29, 0.717) is 11.5 Å². The standard InChI is InChI=1S/C10H15N3O4/c1-5-8(7(3)17-13-5)4-11-10(16)12-6(2)9(14)15/h6H,4H2,1-3H3,(H,14,15)(H2,11,12,16)/t6-/m1/s1. The number of carbonyl (C=O) groups excluding carboxylic acids is 1. The fraction of sp³-hybridized carbons (Fsp3) is 0.500. The molecule has 0 saturated carbocycles. The summed E-state index contributed by atoms with van der Waals surface area (Å²) in [5.74, 6) is -0.452. The van der Waals surface area contributed by atoms with E-state index in [0.717, 1.165) is 5.56 Å². The second-order valence-electron chi connectivity index (χ2n) is 3.69. The lowest BCUT2D eigenvalue weighted by atomic mass is 10.2. The molecular formula is C10H15N3O4. The van der Waals surface area contributed by atoms with Gasteiger partial charge in [-0.3, -0.25) is 4.79 Å². The van der Waals surface area contributed by atoms with E-state index in [-0.39, 0.29) is 6.54 Å². The molecule has 0 saturated heterocycles. The van der Waals surface area contributed by atoms with Crippen LogP contribution < -0.4 is 10.6 Å². The summed E-state index contributed by atoms with van der Waals surface area (Å²) in [4.78, 5) is 21.8. The fourth-order valence-corrected chi connectivity index (χ4v) is 1.23. The Morgan fingerprint density at radius 3 is 2.59 bits per heavy atom. The maximum Gasteiger partial charge on any atom is 0.325 e. The monoisotopic (exact) mass is 241 g/mol. The Morgan fingerprint density at radius 2 is 2.12 bits per heavy atom. The summed E-state index contributed by atoms with van der Waals surface area (Å²) in [5, 5.41) is 17.2. The molecule has 1 aromatic heterocycles. The van der Waals surface area contributed by atoms with Crippen LogP contribution >= 0.6 is 0 Å². The fourth-order valence-electron chi connectivity index (χ4n) is 1.23. The summed E-state index contributed by atoms with van der Waals surface area (Å²) < 4.78 is 4.93. The zero-order valence-corrected chi connectivity index (χ0v) is 9.90. The number of carbonyl (C=O) groups is 2. The second-order valence-corrected chi connectivity index (χ2v) is 3.69. The molecule has 0 aromatic carbocycles. The van der Waals surface area contributed by atoms with Crippen molar-refractivity contribution in [2.45, 2.75) is 33.4 Å². The Bertz CT molecular complexity index is 408. The van der Waals surface area contributed by atoms with Crippen LogP contribution in [0.3, 0.4) is 0 Å². The minimum Gasteiger partial charge on any atom is -0.480 e. The predicted octanol–water partition coefficient (Wildman–Crippen LogP) is 0.564. The highest BCUT2D eigenvalue weighted by Gasteiger charge is 2.15. The number of carboxylic acid groups (broad SMARTS) is 1. The second kappa shape index (κ2) is 5.33. The predicted molar refractivity (Wildman–Crippen MR) is 58.4 cm³/mol. The zero-order valence-electron chi connectivity index (χ0n) is 9.90. The SMILES string of the molecule is Cc1noc(C)c1CNC(=O)N[C@H](C)C(=O)O. The average Bonchev–Trinajstić information content (AvgIpc) is 2.56. The molecule has 0 bridgehead atoms. The van der Waals surface area contributed by atoms with Crippen LogP contribution in [0.5, 0.6) is 0 Å². The number of hydrogen-bond donors (Lipinski definition) is 3. The van der Waals surface area contributed by atoms with Gasteiger partial charge in [0.25, 0.3) is 0 Å². The third kappa shape index (κ3) is 3.47. The van der Waals surface area contributed by atoms with E-state index >= 15 is 0 Å². The molecule has 94 valence electrons. The number of hydrogen-bond acceptors (Lipinski definition) is 4. The number of aromatic nitrogens is 1. The van der Waals surface area contributed by atoms with E-state index in [1.807, 2.05) is 0 Å². The summed E-state index contributed by atoms with van der Waals surface area (Å²) in [6, 6.07) is -1.47. The third-order valence-electron chi connectivity index (χ3n) is 2.32. The van der Waals surface area contributed by atoms with E-state index in [9.17, 15) is 9.59 Å². The number of carboxylic acids is 1. The molecule has 1 atom stereocenters. The van der Waals surface area contributed by atoms with Gasteiger partial charge in [-0.25, -0.2) is 4.79 Å². The molecule has 0 unspecified atom stereocenters. The van der Waals surface area contributed by atoms with Gasteiger partial charge in [-0.05, 0) is 20.8 Å². The minimum atomic E-state index is -1.09. The van der Waals surface area contributed by atoms with E-state index in [1.54, 1.807) is 13.8 Å². The summed E-state index contributed by atoms with van der Waals surface area (Å²) in [7, 11) is 0. The van der Waals surface area contributed by atoms with Gasteiger partial charge in [-0.2, -0.15) is 0 Å². The van der Waals surface area contributed by atoms with Gasteiger partial charge in [0, 0.05) is 12.1 Å². The molecule has 0 aliphatic rings. The van der Waals surface area contributed by atoms with Crippen molar-refractivity contribution in [2.75, 3.05) is 0 Å². The van der Waals surface area contributed by atoms with Crippen molar-refractivity contribution in [3.05, 3.63) is 17.0 Å². The lowest BCUT2D eigenvalue weighted by Crippen LogP contribution is -2.44. The maximum absolute atomic E-state index is 11.3. The quantitative estimate of drug-likeness (QED) is 0.714. The van der Waals surface area contributed by atoms with Crippen molar-refractivity contribution in [2.24, 2.45) is 0 Å². The minimum absolute atomic E-state index is 0.249. The van der Waals surface area contributed by atoms with Crippen molar-refractivity contribution in [3.63, 3.8) is 0 Å². The summed E-state index contributed by atoms with van der Waals surface area (Å²) >= 11 is 0. The van der Waals surface area contributed by atoms with E-state index in [4.69, 9.17) is 9.63 Å². The topological polar surface area (TPSA) is 104 Å². The Kier molecular flexibility index (Phi) is 4.08. The molecule has 0 aliphatic carbocycles. The molecule has 0 radical (unpaired) electrons. The first kappa shape index (κ1) is 13.0. The highest BCUT2D eigenvalue weighted by molar-refractivity contribution is 5.82. The summed E-state index contributed by atoms with van der Waals surface area (Å²) in [6.07, 6.45) is 0. The number of urea groups is 1. The molecule has 7 heteroatoms. The highest BCUT2D eigenvalue weighted by atomic mass is 16.5. The van der Waals surface area contributed by atoms with Gasteiger partial charge in [0.15, 0.2) is 0 Å². The molecular weight excluding hydrogens is 226 g/mol. The van der Waals surface area contributed by atoms with Crippen LogP contribution in [0.2, 0.25) is 0 Å². The molecule has 2 amide bonds. The Labute approximate surface area is 98.2 Å². The molecule has 7 nitrogen and oxygen atoms in total. The van der Waals surface area contributed by atoms with E-state index in [1.165, 1.54) is 6.92 Å². The highest BCUT2D eigenvalue weighted by Crippen LogP contribution is 2.11. The number of nitrogens with zero attached hydrogens (tertiary/aromatic N) is 1. The Morgan fingerprint density at radius 1 is 1.47 bits per heavy atom. The lowest BCUT2D eigenvalue weighted by molar-refractivity contribution is -0.138. The molecule has 3 N–H and O–H groups in total. The molecule has 0 fully saturated rings. The van der Waals surface area contributed by atoms with Gasteiger partial charge >= 0.3 is 12.0 Å². The number of aliphatic carboxylic acids is 1. The normalized spacial score (nSPS) is 11.9. The van der Waals surface area contributed by atoms with Crippen molar-refractivity contribution >= 4 is 12.0 Å². The van der Waals surface area contributed by atoms with Crippen LogP contribution in [0.15, 0.2) is 4.52 Å². The van der Waals surface area contributed by atoms with Crippen LogP contribution in [0.25, 0.3) is 0 Å². The Hall–Kier alpha value is -2.05. The van der Waals surface area contributed by atoms with E-state index < -0.39 is 18.0 Å². The number of nitrogens with one attached hydrogen (secondary N) is 2. The van der Waals surface area contributed by atoms with Crippen molar-refractivity contribution in [1.29, 1.82) is 0 Å². The van der Waals surface area contributed by atoms with Gasteiger partial charge in [-0.15, -0.1) is 0 Å². The van der Waals surface area contributed by atoms with Crippen LogP contribution in [0.4, 0.5) is 4.79 Å². The lowest BCUT2D eigenvalue weighted by Gasteiger charge is -2.10. The smallest absolute Gasteiger partial charge is 0.325 e.